The Hall–Kier alpha value is -2.03. The number of piperidine rings is 1. The summed E-state index contributed by atoms with van der Waals surface area (Å²) in [5, 5.41) is 22.5. The molecule has 1 aliphatic carbocycles. The average molecular weight is 413 g/mol. The van der Waals surface area contributed by atoms with Crippen molar-refractivity contribution in [1.29, 1.82) is 5.26 Å². The van der Waals surface area contributed by atoms with Crippen molar-refractivity contribution in [2.75, 3.05) is 24.7 Å². The first-order valence-corrected chi connectivity index (χ1v) is 11.0. The molecule has 2 aliphatic rings. The monoisotopic (exact) mass is 413 g/mol. The van der Waals surface area contributed by atoms with Gasteiger partial charge in [0.05, 0.1) is 24.1 Å². The smallest absolute Gasteiger partial charge is 0.236 e. The molecule has 0 amide bonds. The van der Waals surface area contributed by atoms with Crippen LogP contribution in [0.5, 0.6) is 5.88 Å². The lowest BCUT2D eigenvalue weighted by Crippen LogP contribution is -2.49. The van der Waals surface area contributed by atoms with Gasteiger partial charge in [0.1, 0.15) is 23.9 Å². The van der Waals surface area contributed by atoms with Crippen LogP contribution in [0.4, 0.5) is 10.3 Å². The van der Waals surface area contributed by atoms with Crippen molar-refractivity contribution in [3.05, 3.63) is 11.8 Å². The van der Waals surface area contributed by atoms with Crippen molar-refractivity contribution in [3.8, 4) is 11.9 Å². The fourth-order valence-electron chi connectivity index (χ4n) is 3.55. The highest BCUT2D eigenvalue weighted by Crippen LogP contribution is 2.33. The van der Waals surface area contributed by atoms with Gasteiger partial charge >= 0.3 is 0 Å². The average Bonchev–Trinajstić information content (AvgIpc) is 2.94. The second-order valence-electron chi connectivity index (χ2n) is 7.56. The Kier molecular flexibility index (Phi) is 5.74. The summed E-state index contributed by atoms with van der Waals surface area (Å²) in [6, 6.07) is 1.29. The van der Waals surface area contributed by atoms with Crippen LogP contribution in [-0.4, -0.2) is 71.1 Å². The number of sulfonamides is 1. The largest absolute Gasteiger partial charge is 0.470 e. The Balaban J connectivity index is 1.72. The predicted octanol–water partition coefficient (Wildman–Crippen LogP) is 0.814. The maximum atomic E-state index is 14.4. The first-order chi connectivity index (χ1) is 13.1. The Bertz CT molecular complexity index is 873. The normalized spacial score (nSPS) is 31.3. The van der Waals surface area contributed by atoms with Crippen LogP contribution in [0.3, 0.4) is 0 Å². The predicted molar refractivity (Wildman–Crippen MR) is 99.0 cm³/mol. The molecule has 4 atom stereocenters. The summed E-state index contributed by atoms with van der Waals surface area (Å²) in [4.78, 5) is 8.22. The summed E-state index contributed by atoms with van der Waals surface area (Å²) in [6.45, 7) is 1.64. The van der Waals surface area contributed by atoms with E-state index in [9.17, 15) is 23.2 Å². The number of anilines is 1. The molecule has 0 spiro atoms. The number of hydrogen-bond acceptors (Lipinski definition) is 8. The maximum Gasteiger partial charge on any atom is 0.236 e. The molecule has 1 aromatic heterocycles. The third kappa shape index (κ3) is 4.51. The van der Waals surface area contributed by atoms with E-state index in [2.05, 4.69) is 15.3 Å². The van der Waals surface area contributed by atoms with Crippen molar-refractivity contribution in [3.63, 3.8) is 0 Å². The Labute approximate surface area is 163 Å². The Morgan fingerprint density at radius 3 is 2.82 bits per heavy atom. The molecule has 2 fully saturated rings. The van der Waals surface area contributed by atoms with Gasteiger partial charge in [-0.2, -0.15) is 14.6 Å². The molecule has 1 saturated carbocycles. The van der Waals surface area contributed by atoms with Crippen molar-refractivity contribution >= 4 is 16.0 Å². The number of halogens is 1. The lowest BCUT2D eigenvalue weighted by molar-refractivity contribution is -0.0271. The zero-order chi connectivity index (χ0) is 20.5. The molecule has 1 aromatic rings. The van der Waals surface area contributed by atoms with Crippen molar-refractivity contribution in [1.82, 2.24) is 14.3 Å². The summed E-state index contributed by atoms with van der Waals surface area (Å²) in [5.74, 6) is 0.128. The third-order valence-electron chi connectivity index (χ3n) is 5.26. The Morgan fingerprint density at radius 1 is 1.50 bits per heavy atom. The van der Waals surface area contributed by atoms with Gasteiger partial charge in [0, 0.05) is 13.1 Å². The highest BCUT2D eigenvalue weighted by atomic mass is 32.2. The van der Waals surface area contributed by atoms with Crippen LogP contribution in [0.2, 0.25) is 0 Å². The maximum absolute atomic E-state index is 14.4. The van der Waals surface area contributed by atoms with E-state index in [1.807, 2.05) is 6.07 Å². The van der Waals surface area contributed by atoms with Crippen molar-refractivity contribution in [2.24, 2.45) is 0 Å². The van der Waals surface area contributed by atoms with Crippen molar-refractivity contribution < 1.29 is 22.7 Å². The van der Waals surface area contributed by atoms with Gasteiger partial charge in [-0.05, 0) is 32.6 Å². The first-order valence-electron chi connectivity index (χ1n) is 9.12. The van der Waals surface area contributed by atoms with Gasteiger partial charge in [0.2, 0.25) is 21.9 Å². The Morgan fingerprint density at radius 2 is 2.25 bits per heavy atom. The molecule has 154 valence electrons. The minimum Gasteiger partial charge on any atom is -0.470 e. The SMILES string of the molecule is CC1(O)CCCC1Oc1nc(N[C@H]2CCN(S(C)(=O)=O)C[C@H]2F)ncc1C#N. The van der Waals surface area contributed by atoms with Gasteiger partial charge in [-0.1, -0.05) is 0 Å². The van der Waals surface area contributed by atoms with Gasteiger partial charge in [-0.25, -0.2) is 17.8 Å². The fourth-order valence-corrected chi connectivity index (χ4v) is 4.40. The van der Waals surface area contributed by atoms with E-state index in [0.717, 1.165) is 17.0 Å². The van der Waals surface area contributed by atoms with E-state index in [-0.39, 0.29) is 36.9 Å². The summed E-state index contributed by atoms with van der Waals surface area (Å²) in [5.41, 5.74) is -0.884. The number of nitriles is 1. The zero-order valence-corrected chi connectivity index (χ0v) is 16.6. The van der Waals surface area contributed by atoms with E-state index < -0.39 is 33.9 Å². The standard InChI is InChI=1S/C17H24FN5O4S/c1-17(24)6-3-4-14(17)27-15-11(8-19)9-20-16(22-15)21-13-5-7-23(10-12(13)18)28(2,25)26/h9,12-14,24H,3-7,10H2,1-2H3,(H,20,21,22)/t12-,13+,14?,17?/m1/s1. The lowest BCUT2D eigenvalue weighted by Gasteiger charge is -2.33. The minimum absolute atomic E-state index is 0.0381. The molecule has 11 heteroatoms. The van der Waals surface area contributed by atoms with E-state index in [0.29, 0.717) is 12.8 Å². The molecule has 2 unspecified atom stereocenters. The second-order valence-corrected chi connectivity index (χ2v) is 9.54. The highest BCUT2D eigenvalue weighted by molar-refractivity contribution is 7.88. The van der Waals surface area contributed by atoms with Crippen LogP contribution in [0.15, 0.2) is 6.20 Å². The number of nitrogens with one attached hydrogen (secondary N) is 1. The van der Waals surface area contributed by atoms with E-state index in [1.165, 1.54) is 6.20 Å². The number of nitrogens with zero attached hydrogens (tertiary/aromatic N) is 4. The van der Waals surface area contributed by atoms with E-state index >= 15 is 0 Å². The van der Waals surface area contributed by atoms with Crippen molar-refractivity contribution in [2.45, 2.75) is 56.5 Å². The summed E-state index contributed by atoms with van der Waals surface area (Å²) in [7, 11) is -3.44. The van der Waals surface area contributed by atoms with Crippen LogP contribution in [0.1, 0.15) is 38.2 Å². The molecule has 0 aromatic carbocycles. The molecule has 0 radical (unpaired) electrons. The molecular formula is C17H24FN5O4S. The number of hydrogen-bond donors (Lipinski definition) is 2. The molecule has 9 nitrogen and oxygen atoms in total. The fraction of sp³-hybridized carbons (Fsp3) is 0.706. The summed E-state index contributed by atoms with van der Waals surface area (Å²) in [6.07, 6.45) is 2.71. The van der Waals surface area contributed by atoms with Crippen LogP contribution in [0.25, 0.3) is 0 Å². The molecule has 28 heavy (non-hydrogen) atoms. The van der Waals surface area contributed by atoms with Crippen LogP contribution >= 0.6 is 0 Å². The van der Waals surface area contributed by atoms with Gasteiger partial charge in [0.25, 0.3) is 0 Å². The summed E-state index contributed by atoms with van der Waals surface area (Å²) < 4.78 is 44.5. The zero-order valence-electron chi connectivity index (χ0n) is 15.8. The lowest BCUT2D eigenvalue weighted by atomic mass is 10.0. The third-order valence-corrected chi connectivity index (χ3v) is 6.53. The number of aromatic nitrogens is 2. The van der Waals surface area contributed by atoms with Crippen LogP contribution in [-0.2, 0) is 10.0 Å². The number of aliphatic hydroxyl groups is 1. The molecular weight excluding hydrogens is 389 g/mol. The van der Waals surface area contributed by atoms with Gasteiger partial charge in [-0.3, -0.25) is 0 Å². The molecule has 1 aliphatic heterocycles. The molecule has 3 rings (SSSR count). The summed E-state index contributed by atoms with van der Waals surface area (Å²) >= 11 is 0. The topological polar surface area (TPSA) is 128 Å². The van der Waals surface area contributed by atoms with Gasteiger partial charge in [-0.15, -0.1) is 0 Å². The number of ether oxygens (including phenoxy) is 1. The first kappa shape index (κ1) is 20.7. The van der Waals surface area contributed by atoms with E-state index in [1.54, 1.807) is 6.92 Å². The van der Waals surface area contributed by atoms with E-state index in [4.69, 9.17) is 4.74 Å². The van der Waals surface area contributed by atoms with Gasteiger partial charge < -0.3 is 15.2 Å². The van der Waals surface area contributed by atoms with Gasteiger partial charge in [0.15, 0.2) is 0 Å². The molecule has 0 bridgehead atoms. The highest BCUT2D eigenvalue weighted by Gasteiger charge is 2.39. The molecule has 2 N–H and O–H groups in total. The quantitative estimate of drug-likeness (QED) is 0.726. The number of alkyl halides is 1. The minimum atomic E-state index is -3.44. The van der Waals surface area contributed by atoms with Crippen LogP contribution < -0.4 is 10.1 Å². The van der Waals surface area contributed by atoms with Crippen LogP contribution in [0, 0.1) is 11.3 Å². The molecule has 1 saturated heterocycles. The second kappa shape index (κ2) is 7.77. The molecule has 2 heterocycles. The number of rotatable bonds is 5.